The van der Waals surface area contributed by atoms with Gasteiger partial charge in [0.25, 0.3) is 0 Å². The molecule has 84 valence electrons. The van der Waals surface area contributed by atoms with Crippen LogP contribution in [0.2, 0.25) is 0 Å². The summed E-state index contributed by atoms with van der Waals surface area (Å²) in [6.45, 7) is 0. The summed E-state index contributed by atoms with van der Waals surface area (Å²) in [5.74, 6) is -0.954. The van der Waals surface area contributed by atoms with Crippen LogP contribution in [-0.2, 0) is 0 Å². The zero-order valence-electron chi connectivity index (χ0n) is 8.92. The molecule has 0 amide bonds. The molecule has 0 aliphatic carbocycles. The Hall–Kier alpha value is -2.49. The van der Waals surface area contributed by atoms with Crippen molar-refractivity contribution >= 4 is 16.9 Å². The number of H-pyrrole nitrogens is 1. The molecule has 1 aromatic carbocycles. The van der Waals surface area contributed by atoms with Crippen LogP contribution in [0.15, 0.2) is 48.8 Å². The van der Waals surface area contributed by atoms with Gasteiger partial charge in [-0.15, -0.1) is 0 Å². The summed E-state index contributed by atoms with van der Waals surface area (Å²) < 4.78 is 1.81. The van der Waals surface area contributed by atoms with Gasteiger partial charge < -0.3 is 14.7 Å². The van der Waals surface area contributed by atoms with Gasteiger partial charge in [-0.25, -0.2) is 4.79 Å². The number of carboxylic acid groups (broad SMARTS) is 1. The molecule has 0 saturated heterocycles. The predicted molar refractivity (Wildman–Crippen MR) is 64.6 cm³/mol. The maximum atomic E-state index is 11.2. The summed E-state index contributed by atoms with van der Waals surface area (Å²) in [6, 6.07) is 11.3. The standard InChI is InChI=1S/C13H10N2O2/c16-13(17)11-12(15-7-3-4-8-15)9-5-1-2-6-10(9)14-11/h1-8,14H,(H,16,17). The first kappa shape index (κ1) is 9.72. The van der Waals surface area contributed by atoms with Gasteiger partial charge in [0.05, 0.1) is 5.69 Å². The lowest BCUT2D eigenvalue weighted by molar-refractivity contribution is 0.0691. The molecule has 0 fully saturated rings. The number of hydrogen-bond acceptors (Lipinski definition) is 1. The molecule has 3 rings (SSSR count). The van der Waals surface area contributed by atoms with E-state index in [-0.39, 0.29) is 5.69 Å². The molecule has 17 heavy (non-hydrogen) atoms. The molecule has 4 heteroatoms. The summed E-state index contributed by atoms with van der Waals surface area (Å²) >= 11 is 0. The Balaban J connectivity index is 2.40. The van der Waals surface area contributed by atoms with Crippen molar-refractivity contribution in [2.75, 3.05) is 0 Å². The highest BCUT2D eigenvalue weighted by Gasteiger charge is 2.17. The van der Waals surface area contributed by atoms with Crippen molar-refractivity contribution in [1.29, 1.82) is 0 Å². The fraction of sp³-hybridized carbons (Fsp3) is 0. The van der Waals surface area contributed by atoms with Crippen LogP contribution >= 0.6 is 0 Å². The average Bonchev–Trinajstić information content (AvgIpc) is 2.94. The summed E-state index contributed by atoms with van der Waals surface area (Å²) in [4.78, 5) is 14.2. The first-order valence-corrected chi connectivity index (χ1v) is 5.25. The number of carbonyl (C=O) groups is 1. The molecule has 0 saturated carbocycles. The van der Waals surface area contributed by atoms with E-state index in [1.54, 1.807) is 0 Å². The molecular formula is C13H10N2O2. The number of nitrogens with zero attached hydrogens (tertiary/aromatic N) is 1. The van der Waals surface area contributed by atoms with Crippen LogP contribution in [0.3, 0.4) is 0 Å². The fourth-order valence-electron chi connectivity index (χ4n) is 2.03. The highest BCUT2D eigenvalue weighted by atomic mass is 16.4. The average molecular weight is 226 g/mol. The number of para-hydroxylation sites is 1. The van der Waals surface area contributed by atoms with E-state index >= 15 is 0 Å². The second-order valence-corrected chi connectivity index (χ2v) is 3.79. The van der Waals surface area contributed by atoms with E-state index in [4.69, 9.17) is 0 Å². The van der Waals surface area contributed by atoms with Gasteiger partial charge in [-0.1, -0.05) is 18.2 Å². The van der Waals surface area contributed by atoms with E-state index in [1.807, 2.05) is 53.4 Å². The number of aromatic nitrogens is 2. The number of rotatable bonds is 2. The lowest BCUT2D eigenvalue weighted by Crippen LogP contribution is -2.02. The van der Waals surface area contributed by atoms with Gasteiger partial charge in [-0.05, 0) is 18.2 Å². The lowest BCUT2D eigenvalue weighted by Gasteiger charge is -2.02. The summed E-state index contributed by atoms with van der Waals surface area (Å²) in [5, 5.41) is 10.1. The number of fused-ring (bicyclic) bond motifs is 1. The molecule has 0 atom stereocenters. The number of aromatic amines is 1. The molecular weight excluding hydrogens is 216 g/mol. The van der Waals surface area contributed by atoms with Crippen LogP contribution in [0.4, 0.5) is 0 Å². The molecule has 0 aliphatic rings. The molecule has 0 aliphatic heterocycles. The Morgan fingerprint density at radius 1 is 1.12 bits per heavy atom. The molecule has 0 radical (unpaired) electrons. The second-order valence-electron chi connectivity index (χ2n) is 3.79. The van der Waals surface area contributed by atoms with E-state index in [9.17, 15) is 9.90 Å². The molecule has 2 aromatic heterocycles. The molecule has 2 heterocycles. The Labute approximate surface area is 97.1 Å². The number of hydrogen-bond donors (Lipinski definition) is 2. The van der Waals surface area contributed by atoms with Crippen molar-refractivity contribution in [1.82, 2.24) is 9.55 Å². The van der Waals surface area contributed by atoms with Crippen LogP contribution in [0, 0.1) is 0 Å². The third kappa shape index (κ3) is 1.42. The summed E-state index contributed by atoms with van der Waals surface area (Å²) in [5.41, 5.74) is 1.72. The zero-order valence-corrected chi connectivity index (χ0v) is 8.92. The van der Waals surface area contributed by atoms with Crippen LogP contribution < -0.4 is 0 Å². The Bertz CT molecular complexity index is 681. The smallest absolute Gasteiger partial charge is 0.354 e. The van der Waals surface area contributed by atoms with Crippen molar-refractivity contribution < 1.29 is 9.90 Å². The molecule has 2 N–H and O–H groups in total. The van der Waals surface area contributed by atoms with Gasteiger partial charge in [0.1, 0.15) is 5.69 Å². The zero-order chi connectivity index (χ0) is 11.8. The molecule has 0 spiro atoms. The largest absolute Gasteiger partial charge is 0.477 e. The van der Waals surface area contributed by atoms with Crippen molar-refractivity contribution in [3.05, 3.63) is 54.5 Å². The first-order chi connectivity index (χ1) is 8.27. The monoisotopic (exact) mass is 226 g/mol. The maximum Gasteiger partial charge on any atom is 0.354 e. The van der Waals surface area contributed by atoms with E-state index in [1.165, 1.54) is 0 Å². The van der Waals surface area contributed by atoms with Gasteiger partial charge in [-0.3, -0.25) is 0 Å². The summed E-state index contributed by atoms with van der Waals surface area (Å²) in [6.07, 6.45) is 3.67. The molecule has 0 bridgehead atoms. The normalized spacial score (nSPS) is 10.8. The molecule has 0 unspecified atom stereocenters. The highest BCUT2D eigenvalue weighted by molar-refractivity contribution is 6.01. The van der Waals surface area contributed by atoms with Crippen LogP contribution in [0.5, 0.6) is 0 Å². The van der Waals surface area contributed by atoms with Crippen molar-refractivity contribution in [3.63, 3.8) is 0 Å². The Morgan fingerprint density at radius 3 is 2.53 bits per heavy atom. The van der Waals surface area contributed by atoms with Crippen molar-refractivity contribution in [3.8, 4) is 5.69 Å². The first-order valence-electron chi connectivity index (χ1n) is 5.25. The number of carboxylic acids is 1. The quantitative estimate of drug-likeness (QED) is 0.705. The lowest BCUT2D eigenvalue weighted by atomic mass is 10.2. The predicted octanol–water partition coefficient (Wildman–Crippen LogP) is 2.66. The van der Waals surface area contributed by atoms with E-state index in [0.29, 0.717) is 5.69 Å². The van der Waals surface area contributed by atoms with Crippen molar-refractivity contribution in [2.24, 2.45) is 0 Å². The minimum Gasteiger partial charge on any atom is -0.477 e. The van der Waals surface area contributed by atoms with Gasteiger partial charge in [-0.2, -0.15) is 0 Å². The maximum absolute atomic E-state index is 11.2. The number of benzene rings is 1. The van der Waals surface area contributed by atoms with E-state index in [2.05, 4.69) is 4.98 Å². The SMILES string of the molecule is O=C(O)c1[nH]c2ccccc2c1-n1cccc1. The summed E-state index contributed by atoms with van der Waals surface area (Å²) in [7, 11) is 0. The highest BCUT2D eigenvalue weighted by Crippen LogP contribution is 2.26. The topological polar surface area (TPSA) is 58.0 Å². The third-order valence-corrected chi connectivity index (χ3v) is 2.76. The van der Waals surface area contributed by atoms with Crippen LogP contribution in [-0.4, -0.2) is 20.6 Å². The minimum absolute atomic E-state index is 0.211. The van der Waals surface area contributed by atoms with Gasteiger partial charge >= 0.3 is 5.97 Å². The Kier molecular flexibility index (Phi) is 2.01. The molecule has 4 nitrogen and oxygen atoms in total. The minimum atomic E-state index is -0.954. The number of aromatic carboxylic acids is 1. The Morgan fingerprint density at radius 2 is 1.82 bits per heavy atom. The fourth-order valence-corrected chi connectivity index (χ4v) is 2.03. The van der Waals surface area contributed by atoms with Gasteiger partial charge in [0.15, 0.2) is 0 Å². The van der Waals surface area contributed by atoms with E-state index < -0.39 is 5.97 Å². The van der Waals surface area contributed by atoms with Crippen LogP contribution in [0.1, 0.15) is 10.5 Å². The van der Waals surface area contributed by atoms with Gasteiger partial charge in [0.2, 0.25) is 0 Å². The van der Waals surface area contributed by atoms with Gasteiger partial charge in [0, 0.05) is 23.3 Å². The number of nitrogens with one attached hydrogen (secondary N) is 1. The molecule has 3 aromatic rings. The van der Waals surface area contributed by atoms with E-state index in [0.717, 1.165) is 10.9 Å². The van der Waals surface area contributed by atoms with Crippen molar-refractivity contribution in [2.45, 2.75) is 0 Å². The third-order valence-electron chi connectivity index (χ3n) is 2.76. The second kappa shape index (κ2) is 3.52. The van der Waals surface area contributed by atoms with Crippen LogP contribution in [0.25, 0.3) is 16.6 Å².